The van der Waals surface area contributed by atoms with E-state index in [-0.39, 0.29) is 22.2 Å². The fraction of sp³-hybridized carbons (Fsp3) is 0.380. The molecule has 0 amide bonds. The number of aromatic nitrogens is 19. The van der Waals surface area contributed by atoms with Crippen LogP contribution in [0.25, 0.3) is 90.1 Å². The van der Waals surface area contributed by atoms with Crippen LogP contribution in [0.1, 0.15) is 107 Å². The second-order valence-electron chi connectivity index (χ2n) is 34.2. The molecule has 1 atom stereocenters. The van der Waals surface area contributed by atoms with Gasteiger partial charge in [0.1, 0.15) is 45.3 Å². The number of likely N-dealkylation sites (tertiary alicyclic amines) is 1. The number of hydrogen-bond donors (Lipinski definition) is 0. The first kappa shape index (κ1) is 80.3. The molecule has 21 heterocycles. The van der Waals surface area contributed by atoms with Crippen LogP contribution < -0.4 is 36.9 Å². The third-order valence-corrected chi connectivity index (χ3v) is 25.0. The molecule has 0 aliphatic carbocycles. The number of rotatable bonds is 9. The van der Waals surface area contributed by atoms with Gasteiger partial charge in [-0.25, -0.2) is 38.5 Å². The van der Waals surface area contributed by atoms with Gasteiger partial charge >= 0.3 is 0 Å². The monoisotopic (exact) mass is 1640 g/mol. The van der Waals surface area contributed by atoms with Gasteiger partial charge in [0.15, 0.2) is 0 Å². The molecular formula is C92H104N26O4. The van der Waals surface area contributed by atoms with Crippen molar-refractivity contribution in [3.63, 3.8) is 0 Å². The highest BCUT2D eigenvalue weighted by Crippen LogP contribution is 2.33. The molecule has 0 unspecified atom stereocenters. The summed E-state index contributed by atoms with van der Waals surface area (Å²) in [4.78, 5) is 106. The molecule has 30 nitrogen and oxygen atoms in total. The third-order valence-electron chi connectivity index (χ3n) is 25.0. The Morgan fingerprint density at radius 1 is 0.352 bits per heavy atom. The van der Waals surface area contributed by atoms with Gasteiger partial charge in [-0.3, -0.25) is 56.6 Å². The SMILES string of the molecule is Cc1cn2cc(-c3ccc4nc(C5CCN(C)CC5)cc(=O)n4c3)ccc2n1.Cc1cn2nc(-c3cc(=O)n4cc(N5CCC(N(C)C)CC5)cc(C)c4n3)cc2c(C)n1.Cc1cn2nc(-c3cc(=O)n4cc(N5CCN(C)CC5)cc(C)c4n3)cc2c(C)n1.Cc1cn2nc(-c3cc(=O)n4cc(N5CCN6CCC[C@@H]6C5)cc(C)c4n3)cc2c(C)n1. The van der Waals surface area contributed by atoms with E-state index in [9.17, 15) is 19.2 Å². The molecule has 16 aromatic heterocycles. The quantitative estimate of drug-likeness (QED) is 0.130. The molecule has 122 heavy (non-hydrogen) atoms. The summed E-state index contributed by atoms with van der Waals surface area (Å²) in [6.45, 7) is 32.1. The smallest absolute Gasteiger partial charge is 0.258 e. The Bertz CT molecular complexity index is 7020. The highest BCUT2D eigenvalue weighted by Gasteiger charge is 2.32. The molecule has 30 heteroatoms. The van der Waals surface area contributed by atoms with Crippen LogP contribution in [-0.4, -0.2) is 229 Å². The lowest BCUT2D eigenvalue weighted by Gasteiger charge is -2.39. The van der Waals surface area contributed by atoms with Gasteiger partial charge < -0.3 is 33.8 Å². The van der Waals surface area contributed by atoms with Crippen molar-refractivity contribution < 1.29 is 0 Å². The summed E-state index contributed by atoms with van der Waals surface area (Å²) < 4.78 is 14.1. The summed E-state index contributed by atoms with van der Waals surface area (Å²) >= 11 is 0. The molecule has 0 aromatic carbocycles. The van der Waals surface area contributed by atoms with Gasteiger partial charge in [0.05, 0.1) is 115 Å². The highest BCUT2D eigenvalue weighted by molar-refractivity contribution is 5.72. The molecule has 626 valence electrons. The summed E-state index contributed by atoms with van der Waals surface area (Å²) in [6, 6.07) is 28.0. The lowest BCUT2D eigenvalue weighted by Crippen LogP contribution is -2.50. The van der Waals surface area contributed by atoms with Crippen molar-refractivity contribution >= 4 is 61.8 Å². The average Bonchev–Trinajstić information content (AvgIpc) is 1.45. The Balaban J connectivity index is 0.000000111. The van der Waals surface area contributed by atoms with Gasteiger partial charge in [0.25, 0.3) is 22.2 Å². The van der Waals surface area contributed by atoms with E-state index in [0.29, 0.717) is 74.8 Å². The fourth-order valence-electron chi connectivity index (χ4n) is 18.2. The van der Waals surface area contributed by atoms with E-state index in [4.69, 9.17) is 19.9 Å². The topological polar surface area (TPSA) is 268 Å². The number of likely N-dealkylation sites (N-methyl/N-ethyl adjacent to an activating group) is 1. The zero-order valence-corrected chi connectivity index (χ0v) is 72.0. The molecule has 0 spiro atoms. The highest BCUT2D eigenvalue weighted by atomic mass is 16.1. The van der Waals surface area contributed by atoms with E-state index in [0.717, 1.165) is 210 Å². The number of imidazole rings is 1. The molecule has 5 saturated heterocycles. The minimum atomic E-state index is -0.0999. The summed E-state index contributed by atoms with van der Waals surface area (Å²) in [5.41, 5.74) is 25.4. The zero-order chi connectivity index (χ0) is 84.8. The minimum Gasteiger partial charge on any atom is -0.370 e. The van der Waals surface area contributed by atoms with Crippen LogP contribution in [-0.2, 0) is 0 Å². The molecule has 5 aliphatic heterocycles. The molecule has 5 aliphatic rings. The van der Waals surface area contributed by atoms with E-state index < -0.39 is 0 Å². The van der Waals surface area contributed by atoms with Gasteiger partial charge in [0, 0.05) is 144 Å². The molecule has 0 N–H and O–H groups in total. The maximum absolute atomic E-state index is 13.1. The number of aryl methyl sites for hydroxylation is 10. The first-order valence-electron chi connectivity index (χ1n) is 42.4. The zero-order valence-electron chi connectivity index (χ0n) is 72.0. The average molecular weight is 1640 g/mol. The molecule has 0 radical (unpaired) electrons. The van der Waals surface area contributed by atoms with Crippen molar-refractivity contribution in [3.8, 4) is 45.3 Å². The van der Waals surface area contributed by atoms with E-state index in [1.54, 1.807) is 46.4 Å². The minimum absolute atomic E-state index is 0.0136. The number of pyridine rings is 5. The van der Waals surface area contributed by atoms with Crippen molar-refractivity contribution in [2.24, 2.45) is 0 Å². The first-order valence-corrected chi connectivity index (χ1v) is 42.4. The number of anilines is 3. The van der Waals surface area contributed by atoms with Gasteiger partial charge in [-0.05, 0) is 239 Å². The lowest BCUT2D eigenvalue weighted by atomic mass is 9.93. The van der Waals surface area contributed by atoms with Crippen LogP contribution in [0.2, 0.25) is 0 Å². The third kappa shape index (κ3) is 16.1. The summed E-state index contributed by atoms with van der Waals surface area (Å²) in [6.07, 6.45) is 24.3. The number of piperidine rings is 2. The van der Waals surface area contributed by atoms with E-state index in [1.165, 1.54) is 19.4 Å². The maximum Gasteiger partial charge on any atom is 0.258 e. The Morgan fingerprint density at radius 3 is 1.26 bits per heavy atom. The van der Waals surface area contributed by atoms with Crippen molar-refractivity contribution in [2.45, 2.75) is 126 Å². The number of fused-ring (bicyclic) bond motifs is 9. The Morgan fingerprint density at radius 2 is 0.779 bits per heavy atom. The van der Waals surface area contributed by atoms with Crippen LogP contribution in [0.4, 0.5) is 17.1 Å². The van der Waals surface area contributed by atoms with Crippen LogP contribution in [0.5, 0.6) is 0 Å². The molecule has 16 aromatic rings. The number of hydrogen-bond acceptors (Lipinski definition) is 22. The fourth-order valence-corrected chi connectivity index (χ4v) is 18.2. The van der Waals surface area contributed by atoms with Crippen LogP contribution in [0, 0.1) is 69.2 Å². The van der Waals surface area contributed by atoms with Crippen molar-refractivity contribution in [1.82, 2.24) is 110 Å². The summed E-state index contributed by atoms with van der Waals surface area (Å²) in [7, 11) is 8.57. The van der Waals surface area contributed by atoms with Gasteiger partial charge in [0.2, 0.25) is 0 Å². The largest absolute Gasteiger partial charge is 0.370 e. The van der Waals surface area contributed by atoms with Crippen molar-refractivity contribution in [2.75, 3.05) is 121 Å². The van der Waals surface area contributed by atoms with Gasteiger partial charge in [-0.1, -0.05) is 0 Å². The molecular weight excluding hydrogens is 1530 g/mol. The molecule has 0 bridgehead atoms. The van der Waals surface area contributed by atoms with Crippen LogP contribution in [0.15, 0.2) is 160 Å². The number of nitrogens with zero attached hydrogens (tertiary/aromatic N) is 26. The van der Waals surface area contributed by atoms with Crippen LogP contribution in [0.3, 0.4) is 0 Å². The van der Waals surface area contributed by atoms with Crippen LogP contribution >= 0.6 is 0 Å². The predicted octanol–water partition coefficient (Wildman–Crippen LogP) is 10.7. The Hall–Kier alpha value is -12.8. The van der Waals surface area contributed by atoms with E-state index in [1.807, 2.05) is 181 Å². The van der Waals surface area contributed by atoms with Crippen molar-refractivity contribution in [1.29, 1.82) is 0 Å². The van der Waals surface area contributed by atoms with Gasteiger partial charge in [-0.15, -0.1) is 0 Å². The van der Waals surface area contributed by atoms with E-state index >= 15 is 0 Å². The summed E-state index contributed by atoms with van der Waals surface area (Å²) in [5.74, 6) is 0.375. The van der Waals surface area contributed by atoms with E-state index in [2.05, 4.69) is 116 Å². The van der Waals surface area contributed by atoms with Crippen molar-refractivity contribution in [3.05, 3.63) is 244 Å². The predicted molar refractivity (Wildman–Crippen MR) is 478 cm³/mol. The Kier molecular flexibility index (Phi) is 21.5. The molecule has 0 saturated carbocycles. The lowest BCUT2D eigenvalue weighted by molar-refractivity contribution is 0.231. The second-order valence-corrected chi connectivity index (χ2v) is 34.2. The standard InChI is InChI=1S/C24H27N7O.C24H29N7O.C22H25N7O.C22H23N5O/c1-15-9-19(29-8-7-28-6-4-5-18(28)13-29)14-30-23(32)11-20(26-24(15)30)21-10-22-17(3)25-16(2)12-31(22)27-21;1-15-10-19(29-8-6-18(7-9-29)28(4)5)14-30-23(32)12-20(26-24(15)30)21-11-22-17(3)25-16(2)13-31(22)27-21;1-14-9-17(27-7-5-26(4)6-8-27)13-28-21(30)11-18(24-22(14)28)19-10-20-16(3)23-15(2)12-29(20)25-19;1-15-12-26-13-17(3-5-20(26)23-15)18-4-6-21-24-19(11-22(28)27(21)14-18)16-7-9-25(2)10-8-16/h9-12,14,18H,4-8,13H2,1-3H3;10-14,18H,6-9H2,1-5H3;9-13H,5-8H2,1-4H3;3-6,11-14,16H,7-10H2,1-2H3/t18-;;;/m1.../s1. The van der Waals surface area contributed by atoms with Gasteiger partial charge in [-0.2, -0.15) is 15.3 Å². The Labute approximate surface area is 705 Å². The second kappa shape index (κ2) is 32.7. The maximum atomic E-state index is 13.1. The number of piperazine rings is 2. The first-order chi connectivity index (χ1) is 58.7. The molecule has 21 rings (SSSR count). The molecule has 5 fully saturated rings. The normalized spacial score (nSPS) is 16.6. The summed E-state index contributed by atoms with van der Waals surface area (Å²) in [5, 5.41) is 13.9.